The van der Waals surface area contributed by atoms with Crippen molar-refractivity contribution in [1.82, 2.24) is 14.9 Å². The fourth-order valence-electron chi connectivity index (χ4n) is 5.67. The van der Waals surface area contributed by atoms with Crippen LogP contribution in [0.1, 0.15) is 36.1 Å². The van der Waals surface area contributed by atoms with Crippen molar-refractivity contribution >= 4 is 40.3 Å². The fraction of sp³-hybridized carbons (Fsp3) is 0.435. The maximum atomic E-state index is 13.9. The molecule has 2 aromatic heterocycles. The van der Waals surface area contributed by atoms with Crippen molar-refractivity contribution in [2.24, 2.45) is 0 Å². The van der Waals surface area contributed by atoms with Crippen molar-refractivity contribution in [3.8, 4) is 0 Å². The second kappa shape index (κ2) is 7.47. The summed E-state index contributed by atoms with van der Waals surface area (Å²) in [4.78, 5) is 25.9. The summed E-state index contributed by atoms with van der Waals surface area (Å²) in [5.74, 6) is -0.200. The van der Waals surface area contributed by atoms with Gasteiger partial charge in [-0.15, -0.1) is 0 Å². The quantitative estimate of drug-likeness (QED) is 0.560. The van der Waals surface area contributed by atoms with Crippen molar-refractivity contribution in [3.05, 3.63) is 46.2 Å². The van der Waals surface area contributed by atoms with Crippen LogP contribution >= 0.6 is 11.6 Å². The molecule has 3 aliphatic rings. The number of oxazole rings is 1. The Morgan fingerprint density at radius 1 is 1.31 bits per heavy atom. The van der Waals surface area contributed by atoms with E-state index in [1.165, 1.54) is 0 Å². The number of carbonyl (C=O) groups is 1. The number of ether oxygens (including phenoxy) is 1. The van der Waals surface area contributed by atoms with Crippen LogP contribution in [0.25, 0.3) is 11.1 Å². The van der Waals surface area contributed by atoms with Gasteiger partial charge < -0.3 is 24.7 Å². The number of nitrogen functional groups attached to an aromatic ring is 1. The van der Waals surface area contributed by atoms with Crippen LogP contribution in [-0.4, -0.2) is 52.1 Å². The number of morpholine rings is 1. The van der Waals surface area contributed by atoms with Crippen molar-refractivity contribution in [2.45, 2.75) is 43.6 Å². The molecule has 1 aromatic carbocycles. The fourth-order valence-corrected chi connectivity index (χ4v) is 6.07. The van der Waals surface area contributed by atoms with Gasteiger partial charge in [0.1, 0.15) is 11.2 Å². The minimum atomic E-state index is -4.49. The van der Waals surface area contributed by atoms with Gasteiger partial charge in [-0.25, -0.2) is 0 Å². The molecule has 0 radical (unpaired) electrons. The summed E-state index contributed by atoms with van der Waals surface area (Å²) in [6, 6.07) is 1.54. The lowest BCUT2D eigenvalue weighted by molar-refractivity contribution is -0.155. The molecule has 0 unspecified atom stereocenters. The first-order valence-corrected chi connectivity index (χ1v) is 11.6. The van der Waals surface area contributed by atoms with Crippen molar-refractivity contribution in [3.63, 3.8) is 0 Å². The summed E-state index contributed by atoms with van der Waals surface area (Å²) in [6.07, 6.45) is -0.518. The van der Waals surface area contributed by atoms with Crippen LogP contribution in [-0.2, 0) is 22.1 Å². The van der Waals surface area contributed by atoms with E-state index in [4.69, 9.17) is 26.5 Å². The van der Waals surface area contributed by atoms with Crippen molar-refractivity contribution in [1.29, 1.82) is 0 Å². The summed E-state index contributed by atoms with van der Waals surface area (Å²) >= 11 is 6.30. The van der Waals surface area contributed by atoms with Gasteiger partial charge in [-0.05, 0) is 36.6 Å². The average Bonchev–Trinajstić information content (AvgIpc) is 3.50. The molecule has 1 amide bonds. The number of fused-ring (bicyclic) bond motifs is 4. The SMILES string of the molecule is C[C@H]1c2c(Cl)cc(C(F)(F)F)cc2CCN1C(=O)[C@@]12C[C@@H](CO1)N(c1cncc3nc(N)oc13)C2. The van der Waals surface area contributed by atoms with Crippen LogP contribution in [0.4, 0.5) is 24.9 Å². The minimum absolute atomic E-state index is 0.0104. The van der Waals surface area contributed by atoms with E-state index in [1.54, 1.807) is 24.2 Å². The third-order valence-corrected chi connectivity index (χ3v) is 7.60. The zero-order valence-electron chi connectivity index (χ0n) is 18.6. The van der Waals surface area contributed by atoms with Gasteiger partial charge in [0.15, 0.2) is 11.2 Å². The van der Waals surface area contributed by atoms with Gasteiger partial charge in [0.25, 0.3) is 11.9 Å². The van der Waals surface area contributed by atoms with E-state index in [1.807, 2.05) is 4.90 Å². The molecule has 2 fully saturated rings. The van der Waals surface area contributed by atoms with Gasteiger partial charge in [0, 0.05) is 18.0 Å². The number of hydrogen-bond acceptors (Lipinski definition) is 7. The number of amides is 1. The minimum Gasteiger partial charge on any atom is -0.421 e. The molecule has 2 N–H and O–H groups in total. The summed E-state index contributed by atoms with van der Waals surface area (Å²) < 4.78 is 51.4. The number of halogens is 4. The van der Waals surface area contributed by atoms with E-state index in [0.717, 1.165) is 12.1 Å². The van der Waals surface area contributed by atoms with Crippen LogP contribution in [0, 0.1) is 0 Å². The number of anilines is 2. The highest BCUT2D eigenvalue weighted by Crippen LogP contribution is 2.46. The number of pyridine rings is 1. The first-order chi connectivity index (χ1) is 16.6. The largest absolute Gasteiger partial charge is 0.421 e. The standard InChI is InChI=1S/C23H21ClF3N5O3/c1-11-18-12(4-13(5-15(18)24)23(25,26)27)2-3-31(11)20(33)22-6-14(9-34-22)32(10-22)17-8-29-7-16-19(17)35-21(28)30-16/h4-5,7-8,11,14H,2-3,6,9-10H2,1H3,(H2,28,30)/t11-,14-,22-/m0/s1. The topological polar surface area (TPSA) is 97.7 Å². The number of hydrogen-bond donors (Lipinski definition) is 1. The van der Waals surface area contributed by atoms with E-state index < -0.39 is 23.4 Å². The molecule has 0 saturated carbocycles. The zero-order chi connectivity index (χ0) is 24.7. The van der Waals surface area contributed by atoms with Gasteiger partial charge in [-0.3, -0.25) is 9.78 Å². The molecule has 3 aromatic rings. The molecule has 12 heteroatoms. The number of nitrogens with zero attached hydrogens (tertiary/aromatic N) is 4. The lowest BCUT2D eigenvalue weighted by Gasteiger charge is -2.41. The first-order valence-electron chi connectivity index (χ1n) is 11.2. The molecule has 3 aliphatic heterocycles. The maximum absolute atomic E-state index is 13.9. The summed E-state index contributed by atoms with van der Waals surface area (Å²) in [5.41, 5.74) is 6.64. The van der Waals surface area contributed by atoms with Gasteiger partial charge in [0.2, 0.25) is 0 Å². The van der Waals surface area contributed by atoms with E-state index in [9.17, 15) is 18.0 Å². The highest BCUT2D eigenvalue weighted by Gasteiger charge is 2.58. The lowest BCUT2D eigenvalue weighted by atomic mass is 9.89. The molecule has 2 bridgehead atoms. The van der Waals surface area contributed by atoms with Crippen molar-refractivity contribution < 1.29 is 27.1 Å². The molecule has 5 heterocycles. The summed E-state index contributed by atoms with van der Waals surface area (Å²) in [6.45, 7) is 2.69. The molecule has 3 atom stereocenters. The normalized spacial score (nSPS) is 26.0. The summed E-state index contributed by atoms with van der Waals surface area (Å²) in [5, 5.41) is 0.0104. The van der Waals surface area contributed by atoms with Crippen LogP contribution in [0.2, 0.25) is 5.02 Å². The zero-order valence-corrected chi connectivity index (χ0v) is 19.4. The Hall–Kier alpha value is -3.05. The number of alkyl halides is 3. The van der Waals surface area contributed by atoms with Crippen LogP contribution in [0.5, 0.6) is 0 Å². The highest BCUT2D eigenvalue weighted by atomic mass is 35.5. The van der Waals surface area contributed by atoms with Gasteiger partial charge in [-0.1, -0.05) is 11.6 Å². The second-order valence-electron chi connectivity index (χ2n) is 9.30. The second-order valence-corrected chi connectivity index (χ2v) is 9.71. The van der Waals surface area contributed by atoms with Gasteiger partial charge >= 0.3 is 6.18 Å². The smallest absolute Gasteiger partial charge is 0.416 e. The molecule has 8 nitrogen and oxygen atoms in total. The number of aromatic nitrogens is 2. The Kier molecular flexibility index (Phi) is 4.79. The van der Waals surface area contributed by atoms with Crippen LogP contribution in [0.3, 0.4) is 0 Å². The lowest BCUT2D eigenvalue weighted by Crippen LogP contribution is -2.55. The van der Waals surface area contributed by atoms with Crippen LogP contribution < -0.4 is 10.6 Å². The molecular weight excluding hydrogens is 487 g/mol. The molecule has 184 valence electrons. The van der Waals surface area contributed by atoms with E-state index in [-0.39, 0.29) is 42.5 Å². The number of nitrogens with two attached hydrogens (primary N) is 1. The Bertz CT molecular complexity index is 1360. The third-order valence-electron chi connectivity index (χ3n) is 7.29. The predicted molar refractivity (Wildman–Crippen MR) is 121 cm³/mol. The Morgan fingerprint density at radius 2 is 2.11 bits per heavy atom. The number of carbonyl (C=O) groups excluding carboxylic acids is 1. The van der Waals surface area contributed by atoms with E-state index in [0.29, 0.717) is 40.9 Å². The molecule has 0 aliphatic carbocycles. The monoisotopic (exact) mass is 507 g/mol. The molecule has 35 heavy (non-hydrogen) atoms. The number of benzene rings is 1. The van der Waals surface area contributed by atoms with Gasteiger partial charge in [-0.2, -0.15) is 18.2 Å². The van der Waals surface area contributed by atoms with Crippen molar-refractivity contribution in [2.75, 3.05) is 30.3 Å². The van der Waals surface area contributed by atoms with Gasteiger partial charge in [0.05, 0.1) is 43.2 Å². The summed E-state index contributed by atoms with van der Waals surface area (Å²) in [7, 11) is 0. The highest BCUT2D eigenvalue weighted by molar-refractivity contribution is 6.31. The molecular formula is C23H21ClF3N5O3. The van der Waals surface area contributed by atoms with E-state index in [2.05, 4.69) is 9.97 Å². The number of rotatable bonds is 2. The van der Waals surface area contributed by atoms with Crippen LogP contribution in [0.15, 0.2) is 28.9 Å². The molecule has 2 saturated heterocycles. The third kappa shape index (κ3) is 3.35. The maximum Gasteiger partial charge on any atom is 0.416 e. The predicted octanol–water partition coefficient (Wildman–Crippen LogP) is 3.97. The average molecular weight is 508 g/mol. The van der Waals surface area contributed by atoms with E-state index >= 15 is 0 Å². The molecule has 6 rings (SSSR count). The Balaban J connectivity index is 1.30. The Labute approximate surface area is 202 Å². The first kappa shape index (κ1) is 22.4. The Morgan fingerprint density at radius 3 is 2.89 bits per heavy atom. The molecule has 0 spiro atoms.